The van der Waals surface area contributed by atoms with Crippen LogP contribution in [0, 0.1) is 12.8 Å². The van der Waals surface area contributed by atoms with Crippen molar-refractivity contribution in [3.05, 3.63) is 54.5 Å². The van der Waals surface area contributed by atoms with Crippen LogP contribution in [0.2, 0.25) is 0 Å². The minimum absolute atomic E-state index is 0. The fourth-order valence-corrected chi connectivity index (χ4v) is 4.05. The second kappa shape index (κ2) is 9.60. The number of fused-ring (bicyclic) bond motifs is 1. The number of aryl methyl sites for hydroxylation is 1. The molecule has 0 bridgehead atoms. The van der Waals surface area contributed by atoms with Crippen molar-refractivity contribution in [2.75, 3.05) is 26.7 Å². The molecule has 2 unspecified atom stereocenters. The Balaban J connectivity index is 0.00000240. The minimum Gasteiger partial charge on any atom is -0.356 e. The van der Waals surface area contributed by atoms with E-state index in [2.05, 4.69) is 73.7 Å². The van der Waals surface area contributed by atoms with Crippen LogP contribution in [-0.2, 0) is 6.42 Å². The van der Waals surface area contributed by atoms with Crippen LogP contribution in [-0.4, -0.2) is 56.5 Å². The first-order chi connectivity index (χ1) is 13.7. The molecule has 1 N–H and O–H groups in total. The van der Waals surface area contributed by atoms with E-state index < -0.39 is 0 Å². The second-order valence-corrected chi connectivity index (χ2v) is 7.67. The van der Waals surface area contributed by atoms with Crippen molar-refractivity contribution < 1.29 is 0 Å². The summed E-state index contributed by atoms with van der Waals surface area (Å²) in [6.07, 6.45) is 12.0. The lowest BCUT2D eigenvalue weighted by atomic mass is 9.93. The molecule has 2 atom stereocenters. The van der Waals surface area contributed by atoms with Crippen molar-refractivity contribution in [3.8, 4) is 0 Å². The third-order valence-electron chi connectivity index (χ3n) is 5.73. The number of nitrogens with zero attached hydrogens (tertiary/aromatic N) is 6. The van der Waals surface area contributed by atoms with Crippen LogP contribution in [0.3, 0.4) is 0 Å². The molecule has 1 aliphatic heterocycles. The van der Waals surface area contributed by atoms with Gasteiger partial charge < -0.3 is 19.2 Å². The van der Waals surface area contributed by atoms with Crippen LogP contribution < -0.4 is 5.32 Å². The van der Waals surface area contributed by atoms with Gasteiger partial charge in [0.1, 0.15) is 5.65 Å². The Hall–Kier alpha value is -2.10. The van der Waals surface area contributed by atoms with Crippen LogP contribution in [0.1, 0.15) is 30.6 Å². The molecule has 156 valence electrons. The Labute approximate surface area is 189 Å². The average molecular weight is 507 g/mol. The number of rotatable bonds is 4. The van der Waals surface area contributed by atoms with Gasteiger partial charge in [0.05, 0.1) is 18.1 Å². The van der Waals surface area contributed by atoms with Crippen LogP contribution in [0.15, 0.2) is 48.2 Å². The van der Waals surface area contributed by atoms with E-state index in [9.17, 15) is 0 Å². The molecule has 29 heavy (non-hydrogen) atoms. The predicted octanol–water partition coefficient (Wildman–Crippen LogP) is 3.16. The highest BCUT2D eigenvalue weighted by atomic mass is 127. The van der Waals surface area contributed by atoms with Gasteiger partial charge in [-0.3, -0.25) is 4.99 Å². The predicted molar refractivity (Wildman–Crippen MR) is 127 cm³/mol. The smallest absolute Gasteiger partial charge is 0.193 e. The summed E-state index contributed by atoms with van der Waals surface area (Å²) in [4.78, 5) is 15.9. The highest BCUT2D eigenvalue weighted by Crippen LogP contribution is 2.27. The third-order valence-corrected chi connectivity index (χ3v) is 5.73. The Morgan fingerprint density at radius 1 is 1.34 bits per heavy atom. The molecule has 4 heterocycles. The topological polar surface area (TPSA) is 62.8 Å². The molecule has 0 aromatic carbocycles. The molecule has 8 heteroatoms. The summed E-state index contributed by atoms with van der Waals surface area (Å²) in [6.45, 7) is 7.21. The van der Waals surface area contributed by atoms with Gasteiger partial charge in [0, 0.05) is 57.9 Å². The van der Waals surface area contributed by atoms with Crippen molar-refractivity contribution in [3.63, 3.8) is 0 Å². The van der Waals surface area contributed by atoms with Gasteiger partial charge in [-0.2, -0.15) is 0 Å². The first-order valence-electron chi connectivity index (χ1n) is 10.0. The largest absolute Gasteiger partial charge is 0.356 e. The molecule has 1 aliphatic rings. The maximum atomic E-state index is 4.76. The fourth-order valence-electron chi connectivity index (χ4n) is 4.05. The molecule has 1 saturated heterocycles. The number of likely N-dealkylation sites (tertiary alicyclic amines) is 1. The molecular weight excluding hydrogens is 477 g/mol. The first-order valence-corrected chi connectivity index (χ1v) is 10.0. The van der Waals surface area contributed by atoms with E-state index in [1.54, 1.807) is 0 Å². The van der Waals surface area contributed by atoms with Crippen LogP contribution in [0.25, 0.3) is 5.65 Å². The van der Waals surface area contributed by atoms with Crippen LogP contribution in [0.5, 0.6) is 0 Å². The number of hydrogen-bond donors (Lipinski definition) is 1. The van der Waals surface area contributed by atoms with Crippen LogP contribution in [0.4, 0.5) is 0 Å². The molecule has 0 amide bonds. The molecule has 0 spiro atoms. The van der Waals surface area contributed by atoms with Crippen molar-refractivity contribution in [1.82, 2.24) is 29.2 Å². The van der Waals surface area contributed by atoms with Gasteiger partial charge in [0.15, 0.2) is 5.96 Å². The minimum atomic E-state index is 0. The van der Waals surface area contributed by atoms with Gasteiger partial charge in [-0.15, -0.1) is 24.0 Å². The average Bonchev–Trinajstić information content (AvgIpc) is 3.36. The van der Waals surface area contributed by atoms with Gasteiger partial charge in [-0.25, -0.2) is 9.97 Å². The van der Waals surface area contributed by atoms with E-state index >= 15 is 0 Å². The van der Waals surface area contributed by atoms with Gasteiger partial charge in [0.2, 0.25) is 0 Å². The summed E-state index contributed by atoms with van der Waals surface area (Å²) in [5, 5.41) is 3.53. The molecule has 7 nitrogen and oxygen atoms in total. The lowest BCUT2D eigenvalue weighted by molar-refractivity contribution is 0.189. The number of aliphatic imine (C=N–C) groups is 1. The number of pyridine rings is 1. The first kappa shape index (κ1) is 21.6. The Kier molecular flexibility index (Phi) is 7.15. The number of imidazole rings is 2. The van der Waals surface area contributed by atoms with Crippen molar-refractivity contribution in [1.29, 1.82) is 0 Å². The summed E-state index contributed by atoms with van der Waals surface area (Å²) in [6, 6.07) is 4.58. The Bertz CT molecular complexity index is 947. The summed E-state index contributed by atoms with van der Waals surface area (Å²) in [5.74, 6) is 1.60. The van der Waals surface area contributed by atoms with E-state index in [1.165, 1.54) is 5.56 Å². The van der Waals surface area contributed by atoms with E-state index in [0.29, 0.717) is 12.0 Å². The lowest BCUT2D eigenvalue weighted by Crippen LogP contribution is -2.49. The fraction of sp³-hybridized carbons (Fsp3) is 0.476. The summed E-state index contributed by atoms with van der Waals surface area (Å²) < 4.78 is 4.32. The Morgan fingerprint density at radius 3 is 2.93 bits per heavy atom. The number of halogens is 1. The molecular formula is C21H30IN7. The lowest BCUT2D eigenvalue weighted by Gasteiger charge is -2.39. The van der Waals surface area contributed by atoms with Gasteiger partial charge >= 0.3 is 0 Å². The summed E-state index contributed by atoms with van der Waals surface area (Å²) >= 11 is 0. The maximum Gasteiger partial charge on any atom is 0.193 e. The van der Waals surface area contributed by atoms with E-state index in [4.69, 9.17) is 4.98 Å². The van der Waals surface area contributed by atoms with Crippen molar-refractivity contribution in [2.24, 2.45) is 10.9 Å². The molecule has 1 fully saturated rings. The van der Waals surface area contributed by atoms with E-state index in [-0.39, 0.29) is 24.0 Å². The molecule has 0 aliphatic carbocycles. The normalized spacial score (nSPS) is 20.0. The second-order valence-electron chi connectivity index (χ2n) is 7.67. The Morgan fingerprint density at radius 2 is 2.21 bits per heavy atom. The number of nitrogens with one attached hydrogen (secondary N) is 1. The molecule has 4 rings (SSSR count). The number of piperidine rings is 1. The van der Waals surface area contributed by atoms with E-state index in [1.807, 2.05) is 19.6 Å². The number of aromatic nitrogens is 4. The summed E-state index contributed by atoms with van der Waals surface area (Å²) in [7, 11) is 1.86. The quantitative estimate of drug-likeness (QED) is 0.335. The van der Waals surface area contributed by atoms with Crippen molar-refractivity contribution >= 4 is 35.6 Å². The standard InChI is InChI=1S/C21H29N7.HI/c1-16-7-11-27(14-19(16)28-12-9-23-15-28)21(22-3)24-8-6-18-13-26-10-4-5-17(2)20(26)25-18;/h4-5,9-10,12-13,15-16,19H,6-8,11,14H2,1-3H3,(H,22,24);1H. The highest BCUT2D eigenvalue weighted by molar-refractivity contribution is 14.0. The van der Waals surface area contributed by atoms with Gasteiger partial charge in [-0.05, 0) is 30.9 Å². The number of hydrogen-bond acceptors (Lipinski definition) is 3. The van der Waals surface area contributed by atoms with Crippen molar-refractivity contribution in [2.45, 2.75) is 32.7 Å². The SMILES string of the molecule is CN=C(NCCc1cn2cccc(C)c2n1)N1CCC(C)C(n2ccnc2)C1.I. The zero-order valence-electron chi connectivity index (χ0n) is 17.3. The van der Waals surface area contributed by atoms with Gasteiger partial charge in [0.25, 0.3) is 0 Å². The zero-order valence-corrected chi connectivity index (χ0v) is 19.7. The monoisotopic (exact) mass is 507 g/mol. The van der Waals surface area contributed by atoms with Gasteiger partial charge in [-0.1, -0.05) is 13.0 Å². The number of guanidine groups is 1. The third kappa shape index (κ3) is 4.73. The molecule has 3 aromatic rings. The zero-order chi connectivity index (χ0) is 19.5. The summed E-state index contributed by atoms with van der Waals surface area (Å²) in [5.41, 5.74) is 3.33. The van der Waals surface area contributed by atoms with E-state index in [0.717, 1.165) is 49.8 Å². The maximum absolute atomic E-state index is 4.76. The van der Waals surface area contributed by atoms with Crippen LogP contribution >= 0.6 is 24.0 Å². The molecule has 0 saturated carbocycles. The molecule has 3 aromatic heterocycles. The molecule has 0 radical (unpaired) electrons. The highest BCUT2D eigenvalue weighted by Gasteiger charge is 2.28.